The SMILES string of the molecule is O=C(O)c1ccc(NC(=O)[C@@H]2c3ccccc3CCN2C(=O)/C=C/c2c(-n3cc(Cl)nn3)ccc(Cl)c2F)cc1. The van der Waals surface area contributed by atoms with Crippen LogP contribution in [0.15, 0.2) is 72.9 Å². The molecule has 4 aromatic rings. The highest BCUT2D eigenvalue weighted by Crippen LogP contribution is 2.32. The normalized spacial score (nSPS) is 14.7. The first-order valence-corrected chi connectivity index (χ1v) is 12.8. The monoisotopic (exact) mass is 579 g/mol. The molecule has 0 saturated heterocycles. The molecule has 202 valence electrons. The molecule has 1 aliphatic heterocycles. The van der Waals surface area contributed by atoms with Gasteiger partial charge in [0.2, 0.25) is 5.91 Å². The average molecular weight is 580 g/mol. The molecule has 1 aromatic heterocycles. The minimum absolute atomic E-state index is 0.0145. The van der Waals surface area contributed by atoms with Crippen molar-refractivity contribution in [3.05, 3.63) is 111 Å². The van der Waals surface area contributed by atoms with Crippen LogP contribution in [0.2, 0.25) is 10.2 Å². The van der Waals surface area contributed by atoms with Gasteiger partial charge in [-0.3, -0.25) is 9.59 Å². The number of carbonyl (C=O) groups is 3. The molecule has 12 heteroatoms. The molecule has 40 heavy (non-hydrogen) atoms. The summed E-state index contributed by atoms with van der Waals surface area (Å²) in [5, 5.41) is 19.4. The van der Waals surface area contributed by atoms with E-state index in [4.69, 9.17) is 28.3 Å². The Hall–Kier alpha value is -4.54. The second kappa shape index (κ2) is 11.3. The number of halogens is 3. The van der Waals surface area contributed by atoms with E-state index in [0.717, 1.165) is 5.56 Å². The number of rotatable bonds is 6. The van der Waals surface area contributed by atoms with Gasteiger partial charge < -0.3 is 15.3 Å². The largest absolute Gasteiger partial charge is 0.478 e. The third-order valence-corrected chi connectivity index (χ3v) is 6.89. The zero-order valence-corrected chi connectivity index (χ0v) is 22.1. The Balaban J connectivity index is 1.46. The molecule has 1 atom stereocenters. The fraction of sp³-hybridized carbons (Fsp3) is 0.107. The number of fused-ring (bicyclic) bond motifs is 1. The Morgan fingerprint density at radius 2 is 1.80 bits per heavy atom. The van der Waals surface area contributed by atoms with E-state index in [0.29, 0.717) is 17.7 Å². The van der Waals surface area contributed by atoms with Crippen molar-refractivity contribution in [1.29, 1.82) is 0 Å². The van der Waals surface area contributed by atoms with Crippen molar-refractivity contribution < 1.29 is 23.9 Å². The molecule has 0 unspecified atom stereocenters. The number of carbonyl (C=O) groups excluding carboxylic acids is 2. The third-order valence-electron chi connectivity index (χ3n) is 6.43. The number of carboxylic acids is 1. The molecular formula is C28H20Cl2FN5O4. The minimum Gasteiger partial charge on any atom is -0.478 e. The molecule has 5 rings (SSSR count). The summed E-state index contributed by atoms with van der Waals surface area (Å²) < 4.78 is 16.3. The number of aromatic nitrogens is 3. The van der Waals surface area contributed by atoms with Crippen LogP contribution in [0, 0.1) is 5.82 Å². The molecule has 3 aromatic carbocycles. The number of nitrogens with one attached hydrogen (secondary N) is 1. The maximum Gasteiger partial charge on any atom is 0.335 e. The number of nitrogens with zero attached hydrogens (tertiary/aromatic N) is 4. The summed E-state index contributed by atoms with van der Waals surface area (Å²) in [5.41, 5.74) is 2.26. The van der Waals surface area contributed by atoms with Crippen molar-refractivity contribution in [3.8, 4) is 5.69 Å². The number of benzene rings is 3. The molecule has 2 N–H and O–H groups in total. The van der Waals surface area contributed by atoms with Crippen molar-refractivity contribution in [2.75, 3.05) is 11.9 Å². The highest BCUT2D eigenvalue weighted by Gasteiger charge is 2.35. The topological polar surface area (TPSA) is 117 Å². The summed E-state index contributed by atoms with van der Waals surface area (Å²) >= 11 is 11.9. The summed E-state index contributed by atoms with van der Waals surface area (Å²) in [6.45, 7) is 0.236. The molecule has 1 aliphatic rings. The van der Waals surface area contributed by atoms with Gasteiger partial charge in [0.15, 0.2) is 11.0 Å². The number of anilines is 1. The first kappa shape index (κ1) is 27.0. The van der Waals surface area contributed by atoms with Crippen LogP contribution < -0.4 is 5.32 Å². The zero-order valence-electron chi connectivity index (χ0n) is 20.6. The quantitative estimate of drug-likeness (QED) is 0.303. The summed E-state index contributed by atoms with van der Waals surface area (Å²) in [5.74, 6) is -2.87. The van der Waals surface area contributed by atoms with Crippen molar-refractivity contribution in [3.63, 3.8) is 0 Å². The molecule has 0 aliphatic carbocycles. The summed E-state index contributed by atoms with van der Waals surface area (Å²) in [4.78, 5) is 39.6. The van der Waals surface area contributed by atoms with Crippen LogP contribution >= 0.6 is 23.2 Å². The predicted molar refractivity (Wildman–Crippen MR) is 147 cm³/mol. The average Bonchev–Trinajstić information content (AvgIpc) is 3.39. The smallest absolute Gasteiger partial charge is 0.335 e. The first-order chi connectivity index (χ1) is 19.2. The van der Waals surface area contributed by atoms with Gasteiger partial charge in [-0.1, -0.05) is 52.7 Å². The lowest BCUT2D eigenvalue weighted by molar-refractivity contribution is -0.135. The summed E-state index contributed by atoms with van der Waals surface area (Å²) in [6, 6.07) is 14.9. The molecule has 0 saturated carbocycles. The molecule has 0 radical (unpaired) electrons. The molecule has 0 bridgehead atoms. The maximum atomic E-state index is 15.1. The number of aromatic carboxylic acids is 1. The van der Waals surface area contributed by atoms with E-state index in [9.17, 15) is 14.4 Å². The summed E-state index contributed by atoms with van der Waals surface area (Å²) in [6.07, 6.45) is 4.34. The second-order valence-electron chi connectivity index (χ2n) is 8.87. The molecule has 9 nitrogen and oxygen atoms in total. The van der Waals surface area contributed by atoms with Gasteiger partial charge in [0, 0.05) is 23.9 Å². The second-order valence-corrected chi connectivity index (χ2v) is 9.66. The van der Waals surface area contributed by atoms with Crippen LogP contribution in [0.4, 0.5) is 10.1 Å². The van der Waals surface area contributed by atoms with Gasteiger partial charge in [0.1, 0.15) is 6.04 Å². The van der Waals surface area contributed by atoms with Crippen molar-refractivity contribution in [2.45, 2.75) is 12.5 Å². The predicted octanol–water partition coefficient (Wildman–Crippen LogP) is 5.19. The summed E-state index contributed by atoms with van der Waals surface area (Å²) in [7, 11) is 0. The van der Waals surface area contributed by atoms with Crippen LogP contribution in [-0.4, -0.2) is 49.3 Å². The lowest BCUT2D eigenvalue weighted by Crippen LogP contribution is -2.44. The molecule has 2 amide bonds. The van der Waals surface area contributed by atoms with Gasteiger partial charge in [-0.15, -0.1) is 5.10 Å². The van der Waals surface area contributed by atoms with E-state index in [1.54, 1.807) is 12.1 Å². The fourth-order valence-corrected chi connectivity index (χ4v) is 4.81. The van der Waals surface area contributed by atoms with Gasteiger partial charge in [-0.2, -0.15) is 0 Å². The van der Waals surface area contributed by atoms with Crippen LogP contribution in [0.25, 0.3) is 11.8 Å². The number of hydrogen-bond acceptors (Lipinski definition) is 5. The lowest BCUT2D eigenvalue weighted by Gasteiger charge is -2.35. The van der Waals surface area contributed by atoms with Gasteiger partial charge in [0.25, 0.3) is 5.91 Å². The lowest BCUT2D eigenvalue weighted by atomic mass is 9.91. The van der Waals surface area contributed by atoms with E-state index < -0.39 is 29.6 Å². The van der Waals surface area contributed by atoms with E-state index in [-0.39, 0.29) is 33.5 Å². The van der Waals surface area contributed by atoms with E-state index in [1.165, 1.54) is 64.3 Å². The van der Waals surface area contributed by atoms with Crippen LogP contribution in [0.3, 0.4) is 0 Å². The Kier molecular flexibility index (Phi) is 7.63. The van der Waals surface area contributed by atoms with Gasteiger partial charge >= 0.3 is 5.97 Å². The van der Waals surface area contributed by atoms with Crippen molar-refractivity contribution in [2.24, 2.45) is 0 Å². The Morgan fingerprint density at radius 3 is 2.50 bits per heavy atom. The number of carboxylic acid groups (broad SMARTS) is 1. The fourth-order valence-electron chi connectivity index (χ4n) is 4.52. The Morgan fingerprint density at radius 1 is 1.05 bits per heavy atom. The standard InChI is InChI=1S/C28H20Cl2FN5O4/c29-21-10-11-22(36-15-23(30)33-34-36)20(25(21)31)9-12-24(37)35-14-13-16-3-1-2-4-19(16)26(35)27(38)32-18-7-5-17(6-8-18)28(39)40/h1-12,15,26H,13-14H2,(H,32,38)(H,39,40)/b12-9+/t26-/m0/s1. The minimum atomic E-state index is -1.09. The van der Waals surface area contributed by atoms with E-state index in [2.05, 4.69) is 15.6 Å². The highest BCUT2D eigenvalue weighted by molar-refractivity contribution is 6.31. The van der Waals surface area contributed by atoms with E-state index in [1.807, 2.05) is 12.1 Å². The molecule has 0 fully saturated rings. The Labute approximate surface area is 237 Å². The van der Waals surface area contributed by atoms with Crippen LogP contribution in [0.5, 0.6) is 0 Å². The molecular weight excluding hydrogens is 560 g/mol. The Bertz CT molecular complexity index is 1650. The van der Waals surface area contributed by atoms with Crippen molar-refractivity contribution >= 4 is 52.7 Å². The third kappa shape index (κ3) is 5.45. The van der Waals surface area contributed by atoms with Gasteiger partial charge in [-0.05, 0) is 60.0 Å². The molecule has 2 heterocycles. The van der Waals surface area contributed by atoms with Crippen molar-refractivity contribution in [1.82, 2.24) is 19.9 Å². The van der Waals surface area contributed by atoms with Crippen LogP contribution in [-0.2, 0) is 16.0 Å². The zero-order chi connectivity index (χ0) is 28.4. The van der Waals surface area contributed by atoms with Gasteiger partial charge in [0.05, 0.1) is 22.5 Å². The first-order valence-electron chi connectivity index (χ1n) is 12.0. The molecule has 0 spiro atoms. The maximum absolute atomic E-state index is 15.1. The number of amides is 2. The van der Waals surface area contributed by atoms with Crippen LogP contribution in [0.1, 0.15) is 33.1 Å². The number of hydrogen-bond donors (Lipinski definition) is 2. The van der Waals surface area contributed by atoms with Gasteiger partial charge in [-0.25, -0.2) is 13.9 Å². The highest BCUT2D eigenvalue weighted by atomic mass is 35.5. The van der Waals surface area contributed by atoms with E-state index >= 15 is 4.39 Å².